The molecule has 0 radical (unpaired) electrons. The van der Waals surface area contributed by atoms with Gasteiger partial charge in [-0.3, -0.25) is 28.3 Å². The van der Waals surface area contributed by atoms with Crippen molar-refractivity contribution >= 4 is 54.7 Å². The van der Waals surface area contributed by atoms with E-state index in [4.69, 9.17) is 11.5 Å². The minimum absolute atomic E-state index is 0.0293. The van der Waals surface area contributed by atoms with Crippen molar-refractivity contribution in [2.45, 2.75) is 16.2 Å². The highest BCUT2D eigenvalue weighted by molar-refractivity contribution is 7.86. The zero-order chi connectivity index (χ0) is 31.2. The second-order valence-corrected chi connectivity index (χ2v) is 12.7. The van der Waals surface area contributed by atoms with Crippen LogP contribution in [0.4, 0.5) is 11.4 Å². The van der Waals surface area contributed by atoms with Gasteiger partial charge in [0, 0.05) is 33.4 Å². The standard InChI is InChI=1S/C29H18N2O10S2/c30-24-18(42(36,37)38)10-12(20-22(24)28(34)16-7-3-1-5-14(16)26(20)32)9-13-11-19(43(39,40)41)25(31)23-21(13)27(33)15-6-2-4-8-17(15)29(23)35/h1-8,10-11H,9,30-31H2,(H,36,37,38)(H,39,40,41). The third-order valence-electron chi connectivity index (χ3n) is 7.50. The van der Waals surface area contributed by atoms with Gasteiger partial charge in [0.25, 0.3) is 20.2 Å². The fourth-order valence-corrected chi connectivity index (χ4v) is 6.99. The summed E-state index contributed by atoms with van der Waals surface area (Å²) < 4.78 is 69.2. The van der Waals surface area contributed by atoms with Gasteiger partial charge < -0.3 is 11.5 Å². The first-order chi connectivity index (χ1) is 20.1. The summed E-state index contributed by atoms with van der Waals surface area (Å²) >= 11 is 0. The second kappa shape index (κ2) is 9.24. The Bertz CT molecular complexity index is 2100. The molecule has 0 spiro atoms. The van der Waals surface area contributed by atoms with Crippen molar-refractivity contribution in [2.24, 2.45) is 0 Å². The highest BCUT2D eigenvalue weighted by atomic mass is 32.2. The summed E-state index contributed by atoms with van der Waals surface area (Å²) in [6.45, 7) is 0. The van der Waals surface area contributed by atoms with Gasteiger partial charge in [0.2, 0.25) is 0 Å². The first kappa shape index (κ1) is 28.1. The number of carbonyl (C=O) groups excluding carboxylic acids is 4. The molecule has 2 aliphatic carbocycles. The van der Waals surface area contributed by atoms with Crippen LogP contribution in [0, 0.1) is 0 Å². The molecule has 0 aromatic heterocycles. The van der Waals surface area contributed by atoms with E-state index < -0.39 is 82.1 Å². The number of fused-ring (bicyclic) bond motifs is 4. The second-order valence-electron chi connectivity index (χ2n) is 9.93. The number of carbonyl (C=O) groups is 4. The van der Waals surface area contributed by atoms with Gasteiger partial charge in [0.1, 0.15) is 9.79 Å². The monoisotopic (exact) mass is 618 g/mol. The van der Waals surface area contributed by atoms with Crippen molar-refractivity contribution in [1.29, 1.82) is 0 Å². The van der Waals surface area contributed by atoms with E-state index in [2.05, 4.69) is 0 Å². The zero-order valence-corrected chi connectivity index (χ0v) is 23.2. The van der Waals surface area contributed by atoms with Crippen LogP contribution in [0.3, 0.4) is 0 Å². The zero-order valence-electron chi connectivity index (χ0n) is 21.6. The van der Waals surface area contributed by atoms with Crippen LogP contribution in [-0.4, -0.2) is 49.1 Å². The maximum atomic E-state index is 13.7. The number of benzene rings is 4. The Morgan fingerprint density at radius 2 is 0.791 bits per heavy atom. The maximum absolute atomic E-state index is 13.7. The van der Waals surface area contributed by atoms with Crippen LogP contribution in [0.1, 0.15) is 74.8 Å². The molecule has 0 fully saturated rings. The summed E-state index contributed by atoms with van der Waals surface area (Å²) in [7, 11) is -10.2. The molecule has 0 saturated carbocycles. The molecule has 0 bridgehead atoms. The van der Waals surface area contributed by atoms with Gasteiger partial charge in [-0.15, -0.1) is 0 Å². The Labute approximate surface area is 243 Å². The van der Waals surface area contributed by atoms with Crippen LogP contribution in [0.5, 0.6) is 0 Å². The summed E-state index contributed by atoms with van der Waals surface area (Å²) in [6, 6.07) is 13.1. The van der Waals surface area contributed by atoms with Crippen molar-refractivity contribution in [3.8, 4) is 0 Å². The quantitative estimate of drug-likeness (QED) is 0.165. The van der Waals surface area contributed by atoms with E-state index in [1.54, 1.807) is 0 Å². The maximum Gasteiger partial charge on any atom is 0.296 e. The molecule has 6 rings (SSSR count). The largest absolute Gasteiger partial charge is 0.397 e. The lowest BCUT2D eigenvalue weighted by molar-refractivity contribution is 0.0977. The van der Waals surface area contributed by atoms with Crippen molar-refractivity contribution in [2.75, 3.05) is 11.5 Å². The van der Waals surface area contributed by atoms with E-state index >= 15 is 0 Å². The number of nitrogens with two attached hydrogens (primary N) is 2. The van der Waals surface area contributed by atoms with Gasteiger partial charge in [-0.25, -0.2) is 0 Å². The summed E-state index contributed by atoms with van der Waals surface area (Å²) in [5, 5.41) is 0. The minimum atomic E-state index is -5.08. The van der Waals surface area contributed by atoms with Crippen LogP contribution in [0.15, 0.2) is 70.5 Å². The molecule has 0 saturated heterocycles. The van der Waals surface area contributed by atoms with Gasteiger partial charge in [0.15, 0.2) is 23.1 Å². The fourth-order valence-electron chi connectivity index (χ4n) is 5.65. The van der Waals surface area contributed by atoms with Crippen molar-refractivity contribution < 1.29 is 45.1 Å². The fraction of sp³-hybridized carbons (Fsp3) is 0.0345. The van der Waals surface area contributed by atoms with Crippen molar-refractivity contribution in [1.82, 2.24) is 0 Å². The Kier molecular flexibility index (Phi) is 6.04. The molecule has 12 nitrogen and oxygen atoms in total. The van der Waals surface area contributed by atoms with Crippen LogP contribution in [0.2, 0.25) is 0 Å². The molecular weight excluding hydrogens is 600 g/mol. The summed E-state index contributed by atoms with van der Waals surface area (Å²) in [6.07, 6.45) is -0.626. The normalized spacial score (nSPS) is 14.2. The molecule has 0 amide bonds. The van der Waals surface area contributed by atoms with Crippen molar-refractivity contribution in [3.63, 3.8) is 0 Å². The number of hydrogen-bond acceptors (Lipinski definition) is 10. The number of ketones is 4. The predicted molar refractivity (Wildman–Crippen MR) is 151 cm³/mol. The van der Waals surface area contributed by atoms with Crippen LogP contribution in [-0.2, 0) is 26.7 Å². The number of hydrogen-bond donors (Lipinski definition) is 4. The highest BCUT2D eigenvalue weighted by Gasteiger charge is 2.39. The van der Waals surface area contributed by atoms with Crippen LogP contribution in [0.25, 0.3) is 0 Å². The van der Waals surface area contributed by atoms with E-state index in [1.807, 2.05) is 0 Å². The number of anilines is 2. The molecule has 43 heavy (non-hydrogen) atoms. The molecule has 4 aromatic carbocycles. The lowest BCUT2D eigenvalue weighted by Crippen LogP contribution is -2.27. The topological polar surface area (TPSA) is 229 Å². The summed E-state index contributed by atoms with van der Waals surface area (Å²) in [5.74, 6) is -3.10. The Balaban J connectivity index is 1.70. The lowest BCUT2D eigenvalue weighted by Gasteiger charge is -2.25. The Morgan fingerprint density at radius 3 is 1.07 bits per heavy atom. The molecule has 0 aliphatic heterocycles. The average Bonchev–Trinajstić information content (AvgIpc) is 2.94. The van der Waals surface area contributed by atoms with E-state index in [0.29, 0.717) is 0 Å². The molecule has 216 valence electrons. The van der Waals surface area contributed by atoms with Gasteiger partial charge in [-0.2, -0.15) is 16.8 Å². The smallest absolute Gasteiger partial charge is 0.296 e. The molecule has 2 aliphatic rings. The molecular formula is C29H18N2O10S2. The highest BCUT2D eigenvalue weighted by Crippen LogP contribution is 2.41. The van der Waals surface area contributed by atoms with Crippen LogP contribution >= 0.6 is 0 Å². The first-order valence-corrected chi connectivity index (χ1v) is 15.2. The van der Waals surface area contributed by atoms with Gasteiger partial charge >= 0.3 is 0 Å². The molecule has 6 N–H and O–H groups in total. The molecule has 0 unspecified atom stereocenters. The van der Waals surface area contributed by atoms with Crippen molar-refractivity contribution in [3.05, 3.63) is 116 Å². The summed E-state index contributed by atoms with van der Waals surface area (Å²) in [4.78, 5) is 52.7. The van der Waals surface area contributed by atoms with E-state index in [0.717, 1.165) is 12.1 Å². The first-order valence-electron chi connectivity index (χ1n) is 12.4. The Morgan fingerprint density at radius 1 is 0.512 bits per heavy atom. The predicted octanol–water partition coefficient (Wildman–Crippen LogP) is 2.49. The summed E-state index contributed by atoms with van der Waals surface area (Å²) in [5.41, 5.74) is 8.29. The van der Waals surface area contributed by atoms with E-state index in [-0.39, 0.29) is 44.5 Å². The average molecular weight is 619 g/mol. The molecule has 14 heteroatoms. The van der Waals surface area contributed by atoms with E-state index in [1.165, 1.54) is 48.5 Å². The minimum Gasteiger partial charge on any atom is -0.397 e. The molecule has 0 heterocycles. The number of nitrogen functional groups attached to an aromatic ring is 2. The molecule has 4 aromatic rings. The number of rotatable bonds is 4. The third-order valence-corrected chi connectivity index (χ3v) is 9.29. The van der Waals surface area contributed by atoms with Gasteiger partial charge in [0.05, 0.1) is 22.5 Å². The lowest BCUT2D eigenvalue weighted by atomic mass is 9.77. The van der Waals surface area contributed by atoms with E-state index in [9.17, 15) is 45.1 Å². The van der Waals surface area contributed by atoms with Gasteiger partial charge in [-0.05, 0) is 29.7 Å². The Hall–Kier alpha value is -5.02. The van der Waals surface area contributed by atoms with Gasteiger partial charge in [-0.1, -0.05) is 48.5 Å². The molecule has 0 atom stereocenters. The third kappa shape index (κ3) is 4.11. The SMILES string of the molecule is Nc1c(S(=O)(=O)O)cc(Cc2cc(S(=O)(=O)O)c(N)c3c2C(=O)c2ccccc2C3=O)c2c1C(=O)c1ccccc1C2=O. The van der Waals surface area contributed by atoms with Crippen LogP contribution < -0.4 is 11.5 Å².